The maximum atomic E-state index is 13.1. The summed E-state index contributed by atoms with van der Waals surface area (Å²) >= 11 is 0. The van der Waals surface area contributed by atoms with Gasteiger partial charge in [-0.2, -0.15) is 0 Å². The molecule has 1 aliphatic heterocycles. The van der Waals surface area contributed by atoms with Gasteiger partial charge in [0.25, 0.3) is 5.91 Å². The number of amidine groups is 1. The van der Waals surface area contributed by atoms with Crippen LogP contribution in [0.2, 0.25) is 0 Å². The molecule has 0 fully saturated rings. The normalized spacial score (nSPS) is 15.3. The Hall–Kier alpha value is -3.66. The van der Waals surface area contributed by atoms with Crippen molar-refractivity contribution in [1.82, 2.24) is 0 Å². The number of benzene rings is 3. The van der Waals surface area contributed by atoms with Gasteiger partial charge in [0.15, 0.2) is 0 Å². The van der Waals surface area contributed by atoms with Crippen molar-refractivity contribution in [3.63, 3.8) is 0 Å². The minimum atomic E-state index is -0.194. The van der Waals surface area contributed by atoms with Crippen LogP contribution >= 0.6 is 0 Å². The molecule has 0 aromatic heterocycles. The molecule has 27 heavy (non-hydrogen) atoms. The van der Waals surface area contributed by atoms with E-state index >= 15 is 0 Å². The number of phenols is 1. The molecule has 1 N–H and O–H groups in total. The third kappa shape index (κ3) is 3.37. The average molecular weight is 354 g/mol. The lowest BCUT2D eigenvalue weighted by Crippen LogP contribution is -2.32. The first-order chi connectivity index (χ1) is 13.1. The van der Waals surface area contributed by atoms with Crippen molar-refractivity contribution in [1.29, 1.82) is 0 Å². The highest BCUT2D eigenvalue weighted by Crippen LogP contribution is 2.29. The molecular formula is C23H18N2O2. The molecule has 0 spiro atoms. The number of hydrogen-bond acceptors (Lipinski definition) is 3. The Morgan fingerprint density at radius 1 is 0.889 bits per heavy atom. The number of aliphatic imine (C=N–C) groups is 1. The monoisotopic (exact) mass is 354 g/mol. The summed E-state index contributed by atoms with van der Waals surface area (Å²) in [4.78, 5) is 19.3. The number of hydrogen-bond donors (Lipinski definition) is 1. The van der Waals surface area contributed by atoms with Crippen molar-refractivity contribution in [3.05, 3.63) is 101 Å². The second-order valence-corrected chi connectivity index (χ2v) is 6.40. The molecule has 0 radical (unpaired) electrons. The summed E-state index contributed by atoms with van der Waals surface area (Å²) in [5.74, 6) is 0.531. The quantitative estimate of drug-likeness (QED) is 0.702. The number of amides is 1. The van der Waals surface area contributed by atoms with Crippen molar-refractivity contribution < 1.29 is 9.90 Å². The molecule has 1 heterocycles. The van der Waals surface area contributed by atoms with Gasteiger partial charge in [-0.3, -0.25) is 9.69 Å². The number of aromatic hydroxyl groups is 1. The largest absolute Gasteiger partial charge is 0.508 e. The molecule has 0 bridgehead atoms. The lowest BCUT2D eigenvalue weighted by atomic mass is 10.1. The third-order valence-corrected chi connectivity index (χ3v) is 4.38. The van der Waals surface area contributed by atoms with Crippen LogP contribution in [0.1, 0.15) is 16.7 Å². The highest BCUT2D eigenvalue weighted by molar-refractivity contribution is 6.33. The molecule has 3 aromatic rings. The molecule has 132 valence electrons. The zero-order chi connectivity index (χ0) is 18.8. The summed E-state index contributed by atoms with van der Waals surface area (Å²) < 4.78 is 0. The van der Waals surface area contributed by atoms with Crippen LogP contribution in [0.25, 0.3) is 6.08 Å². The first kappa shape index (κ1) is 16.8. The number of nitrogens with zero attached hydrogens (tertiary/aromatic N) is 2. The van der Waals surface area contributed by atoms with E-state index < -0.39 is 0 Å². The fraction of sp³-hybridized carbons (Fsp3) is 0.0435. The first-order valence-electron chi connectivity index (χ1n) is 8.68. The van der Waals surface area contributed by atoms with Gasteiger partial charge in [-0.15, -0.1) is 0 Å². The van der Waals surface area contributed by atoms with Gasteiger partial charge in [-0.1, -0.05) is 60.2 Å². The van der Waals surface area contributed by atoms with Gasteiger partial charge in [-0.05, 0) is 42.8 Å². The van der Waals surface area contributed by atoms with E-state index in [1.807, 2.05) is 61.5 Å². The van der Waals surface area contributed by atoms with E-state index in [4.69, 9.17) is 0 Å². The van der Waals surface area contributed by atoms with E-state index in [-0.39, 0.29) is 11.7 Å². The maximum Gasteiger partial charge on any atom is 0.282 e. The Kier molecular flexibility index (Phi) is 4.30. The van der Waals surface area contributed by atoms with E-state index in [0.29, 0.717) is 17.2 Å². The van der Waals surface area contributed by atoms with Gasteiger partial charge in [0, 0.05) is 5.56 Å². The van der Waals surface area contributed by atoms with Crippen molar-refractivity contribution in [2.45, 2.75) is 6.92 Å². The number of aryl methyl sites for hydroxylation is 1. The Morgan fingerprint density at radius 3 is 2.22 bits per heavy atom. The molecule has 4 heteroatoms. The summed E-state index contributed by atoms with van der Waals surface area (Å²) in [6.45, 7) is 2.02. The van der Waals surface area contributed by atoms with Crippen LogP contribution < -0.4 is 4.90 Å². The van der Waals surface area contributed by atoms with Crippen molar-refractivity contribution >= 4 is 23.5 Å². The van der Waals surface area contributed by atoms with Crippen molar-refractivity contribution in [2.75, 3.05) is 4.90 Å². The topological polar surface area (TPSA) is 52.9 Å². The Morgan fingerprint density at radius 2 is 1.56 bits per heavy atom. The molecule has 0 aliphatic carbocycles. The zero-order valence-corrected chi connectivity index (χ0v) is 14.8. The molecule has 4 nitrogen and oxygen atoms in total. The summed E-state index contributed by atoms with van der Waals surface area (Å²) in [5.41, 5.74) is 3.98. The standard InChI is InChI=1S/C23H18N2O2/c1-16-7-9-17(10-8-16)15-21-23(27)25(19-11-13-20(26)14-12-19)22(24-21)18-5-3-2-4-6-18/h2-15,26H,1H3/b21-15+. The van der Waals surface area contributed by atoms with E-state index in [9.17, 15) is 9.90 Å². The van der Waals surface area contributed by atoms with Crippen molar-refractivity contribution in [2.24, 2.45) is 4.99 Å². The second kappa shape index (κ2) is 6.92. The fourth-order valence-corrected chi connectivity index (χ4v) is 2.96. The minimum absolute atomic E-state index is 0.152. The number of carbonyl (C=O) groups excluding carboxylic acids is 1. The van der Waals surface area contributed by atoms with Crippen LogP contribution in [0, 0.1) is 6.92 Å². The summed E-state index contributed by atoms with van der Waals surface area (Å²) in [6.07, 6.45) is 1.80. The van der Waals surface area contributed by atoms with Crippen LogP contribution in [-0.2, 0) is 4.79 Å². The maximum absolute atomic E-state index is 13.1. The smallest absolute Gasteiger partial charge is 0.282 e. The van der Waals surface area contributed by atoms with E-state index in [1.54, 1.807) is 35.2 Å². The average Bonchev–Trinajstić information content (AvgIpc) is 3.01. The SMILES string of the molecule is Cc1ccc(/C=C2/N=C(c3ccccc3)N(c3ccc(O)cc3)C2=O)cc1. The number of rotatable bonds is 3. The lowest BCUT2D eigenvalue weighted by Gasteiger charge is -2.18. The minimum Gasteiger partial charge on any atom is -0.508 e. The molecule has 4 rings (SSSR count). The molecule has 3 aromatic carbocycles. The van der Waals surface area contributed by atoms with Gasteiger partial charge in [0.1, 0.15) is 17.3 Å². The van der Waals surface area contributed by atoms with Gasteiger partial charge < -0.3 is 5.11 Å². The molecular weight excluding hydrogens is 336 g/mol. The van der Waals surface area contributed by atoms with Gasteiger partial charge >= 0.3 is 0 Å². The van der Waals surface area contributed by atoms with E-state index in [1.165, 1.54) is 0 Å². The third-order valence-electron chi connectivity index (χ3n) is 4.38. The molecule has 0 saturated carbocycles. The highest BCUT2D eigenvalue weighted by atomic mass is 16.3. The van der Waals surface area contributed by atoms with Crippen molar-refractivity contribution in [3.8, 4) is 5.75 Å². The zero-order valence-electron chi connectivity index (χ0n) is 14.8. The second-order valence-electron chi connectivity index (χ2n) is 6.40. The lowest BCUT2D eigenvalue weighted by molar-refractivity contribution is -0.113. The van der Waals surface area contributed by atoms with Gasteiger partial charge in [0.2, 0.25) is 0 Å². The molecule has 1 amide bonds. The first-order valence-corrected chi connectivity index (χ1v) is 8.68. The molecule has 1 aliphatic rings. The number of carbonyl (C=O) groups is 1. The van der Waals surface area contributed by atoms with Crippen LogP contribution in [0.4, 0.5) is 5.69 Å². The van der Waals surface area contributed by atoms with E-state index in [0.717, 1.165) is 16.7 Å². The van der Waals surface area contributed by atoms with Gasteiger partial charge in [0.05, 0.1) is 5.69 Å². The summed E-state index contributed by atoms with van der Waals surface area (Å²) in [6, 6.07) is 24.1. The number of anilines is 1. The van der Waals surface area contributed by atoms with Gasteiger partial charge in [-0.25, -0.2) is 4.99 Å². The Labute approximate surface area is 157 Å². The molecule has 0 atom stereocenters. The summed E-state index contributed by atoms with van der Waals surface area (Å²) in [5, 5.41) is 9.57. The highest BCUT2D eigenvalue weighted by Gasteiger charge is 2.32. The van der Waals surface area contributed by atoms with Crippen LogP contribution in [0.15, 0.2) is 89.6 Å². The molecule has 0 unspecified atom stereocenters. The van der Waals surface area contributed by atoms with Crippen LogP contribution in [0.3, 0.4) is 0 Å². The van der Waals surface area contributed by atoms with E-state index in [2.05, 4.69) is 4.99 Å². The fourth-order valence-electron chi connectivity index (χ4n) is 2.96. The molecule has 0 saturated heterocycles. The summed E-state index contributed by atoms with van der Waals surface area (Å²) in [7, 11) is 0. The number of phenolic OH excluding ortho intramolecular Hbond substituents is 1. The van der Waals surface area contributed by atoms with Crippen LogP contribution in [0.5, 0.6) is 5.75 Å². The Balaban J connectivity index is 1.80. The van der Waals surface area contributed by atoms with Crippen LogP contribution in [-0.4, -0.2) is 16.8 Å². The predicted molar refractivity (Wildman–Crippen MR) is 108 cm³/mol. The predicted octanol–water partition coefficient (Wildman–Crippen LogP) is 4.54. The Bertz CT molecular complexity index is 1030.